The van der Waals surface area contributed by atoms with Crippen molar-refractivity contribution in [2.45, 2.75) is 19.3 Å². The van der Waals surface area contributed by atoms with Gasteiger partial charge < -0.3 is 16.0 Å². The van der Waals surface area contributed by atoms with Crippen LogP contribution in [0.4, 0.5) is 24.7 Å². The van der Waals surface area contributed by atoms with Gasteiger partial charge in [-0.15, -0.1) is 0 Å². The number of hydrogen-bond acceptors (Lipinski definition) is 6. The van der Waals surface area contributed by atoms with E-state index in [1.54, 1.807) is 35.3 Å². The Hall–Kier alpha value is -3.89. The van der Waals surface area contributed by atoms with E-state index < -0.39 is 11.7 Å². The van der Waals surface area contributed by atoms with E-state index in [4.69, 9.17) is 5.73 Å². The van der Waals surface area contributed by atoms with Crippen LogP contribution in [0.1, 0.15) is 16.7 Å². The number of nitrogens with two attached hydrogens (primary N) is 1. The lowest BCUT2D eigenvalue weighted by Gasteiger charge is -2.33. The Labute approximate surface area is 219 Å². The summed E-state index contributed by atoms with van der Waals surface area (Å²) in [5.74, 6) is 0.391. The van der Waals surface area contributed by atoms with Crippen molar-refractivity contribution in [3.8, 4) is 16.8 Å². The molecule has 0 aliphatic carbocycles. The number of piperazine rings is 1. The minimum absolute atomic E-state index is 0.287. The second-order valence-corrected chi connectivity index (χ2v) is 9.58. The number of nitrogens with one attached hydrogen (secondary N) is 1. The van der Waals surface area contributed by atoms with Crippen molar-refractivity contribution in [3.63, 3.8) is 0 Å². The van der Waals surface area contributed by atoms with Crippen LogP contribution in [0.25, 0.3) is 16.8 Å². The fourth-order valence-electron chi connectivity index (χ4n) is 4.57. The average molecular weight is 522 g/mol. The number of alkyl halides is 3. The summed E-state index contributed by atoms with van der Waals surface area (Å²) < 4.78 is 43.3. The van der Waals surface area contributed by atoms with Crippen LogP contribution in [0.15, 0.2) is 73.2 Å². The van der Waals surface area contributed by atoms with Crippen LogP contribution in [0.3, 0.4) is 0 Å². The predicted octanol–water partition coefficient (Wildman–Crippen LogP) is 4.89. The highest BCUT2D eigenvalue weighted by molar-refractivity contribution is 5.66. The molecule has 1 aliphatic heterocycles. The van der Waals surface area contributed by atoms with Crippen LogP contribution in [0.2, 0.25) is 0 Å². The minimum Gasteiger partial charge on any atom is -0.382 e. The van der Waals surface area contributed by atoms with Gasteiger partial charge in [0.2, 0.25) is 0 Å². The van der Waals surface area contributed by atoms with Crippen LogP contribution in [0.5, 0.6) is 0 Å². The molecule has 7 nitrogen and oxygen atoms in total. The number of hydrogen-bond donors (Lipinski definition) is 2. The highest BCUT2D eigenvalue weighted by Gasteiger charge is 2.34. The summed E-state index contributed by atoms with van der Waals surface area (Å²) in [7, 11) is 2.03. The van der Waals surface area contributed by atoms with E-state index in [-0.39, 0.29) is 6.54 Å². The maximum Gasteiger partial charge on any atom is 0.416 e. The van der Waals surface area contributed by atoms with Gasteiger partial charge in [0.05, 0.1) is 11.8 Å². The van der Waals surface area contributed by atoms with Crippen LogP contribution in [-0.2, 0) is 19.3 Å². The number of pyridine rings is 1. The van der Waals surface area contributed by atoms with Crippen molar-refractivity contribution in [1.82, 2.24) is 24.6 Å². The summed E-state index contributed by atoms with van der Waals surface area (Å²) in [6.45, 7) is 3.86. The number of likely N-dealkylation sites (N-methyl/N-ethyl adjacent to an activating group) is 1. The highest BCUT2D eigenvalue weighted by atomic mass is 19.4. The third-order valence-corrected chi connectivity index (χ3v) is 6.83. The van der Waals surface area contributed by atoms with Crippen molar-refractivity contribution in [3.05, 3.63) is 89.9 Å². The molecule has 10 heteroatoms. The van der Waals surface area contributed by atoms with Gasteiger partial charge in [0, 0.05) is 62.9 Å². The molecule has 3 heterocycles. The number of aromatic nitrogens is 3. The van der Waals surface area contributed by atoms with Gasteiger partial charge in [-0.3, -0.25) is 4.90 Å². The van der Waals surface area contributed by atoms with Crippen molar-refractivity contribution in [1.29, 1.82) is 0 Å². The Kier molecular flexibility index (Phi) is 7.35. The molecule has 4 aromatic rings. The largest absolute Gasteiger partial charge is 0.416 e. The average Bonchev–Trinajstić information content (AvgIpc) is 3.39. The lowest BCUT2D eigenvalue weighted by molar-refractivity contribution is -0.138. The first-order valence-electron chi connectivity index (χ1n) is 12.5. The van der Waals surface area contributed by atoms with E-state index in [1.165, 1.54) is 6.07 Å². The first kappa shape index (κ1) is 25.7. The second kappa shape index (κ2) is 10.8. The van der Waals surface area contributed by atoms with E-state index in [9.17, 15) is 13.2 Å². The lowest BCUT2D eigenvalue weighted by atomic mass is 10.0. The SMILES string of the molecule is CN1CCN(Cc2ccc(CNc3ccc(-c4cnn(-c5cccnc5N)c4)cc3)cc2C(F)(F)F)CC1. The zero-order chi connectivity index (χ0) is 26.7. The number of anilines is 2. The Morgan fingerprint density at radius 3 is 2.45 bits per heavy atom. The number of halogens is 3. The zero-order valence-corrected chi connectivity index (χ0v) is 21.1. The maximum absolute atomic E-state index is 13.9. The van der Waals surface area contributed by atoms with Gasteiger partial charge in [0.1, 0.15) is 11.5 Å². The maximum atomic E-state index is 13.9. The van der Waals surface area contributed by atoms with E-state index >= 15 is 0 Å². The van der Waals surface area contributed by atoms with Gasteiger partial charge in [0.15, 0.2) is 0 Å². The van der Waals surface area contributed by atoms with Crippen molar-refractivity contribution in [2.24, 2.45) is 0 Å². The molecular formula is C28H30F3N7. The molecule has 0 radical (unpaired) electrons. The normalized spacial score (nSPS) is 15.1. The standard InChI is InChI=1S/C28H30F3N7/c1-36-11-13-37(14-12-36)18-22-5-4-20(15-25(22)28(29,30)31)16-34-24-8-6-21(7-9-24)23-17-35-38(19-23)26-3-2-10-33-27(26)32/h2-10,15,17,19,34H,11-14,16,18H2,1H3,(H2,32,33). The Morgan fingerprint density at radius 2 is 1.74 bits per heavy atom. The molecule has 0 amide bonds. The fraction of sp³-hybridized carbons (Fsp3) is 0.286. The van der Waals surface area contributed by atoms with Crippen LogP contribution in [-0.4, -0.2) is 57.8 Å². The van der Waals surface area contributed by atoms with Gasteiger partial charge in [-0.1, -0.05) is 24.3 Å². The summed E-state index contributed by atoms with van der Waals surface area (Å²) in [5, 5.41) is 7.61. The first-order chi connectivity index (χ1) is 18.3. The van der Waals surface area contributed by atoms with Crippen molar-refractivity contribution < 1.29 is 13.2 Å². The van der Waals surface area contributed by atoms with Crippen LogP contribution >= 0.6 is 0 Å². The van der Waals surface area contributed by atoms with E-state index in [0.717, 1.165) is 43.0 Å². The van der Waals surface area contributed by atoms with E-state index in [1.807, 2.05) is 43.6 Å². The van der Waals surface area contributed by atoms with Crippen LogP contribution < -0.4 is 11.1 Å². The van der Waals surface area contributed by atoms with Gasteiger partial charge >= 0.3 is 6.18 Å². The molecule has 198 valence electrons. The number of rotatable bonds is 7. The van der Waals surface area contributed by atoms with Gasteiger partial charge in [0.25, 0.3) is 0 Å². The molecule has 1 aliphatic rings. The zero-order valence-electron chi connectivity index (χ0n) is 21.1. The van der Waals surface area contributed by atoms with Crippen molar-refractivity contribution >= 4 is 11.5 Å². The Morgan fingerprint density at radius 1 is 0.974 bits per heavy atom. The topological polar surface area (TPSA) is 75.2 Å². The molecule has 0 bridgehead atoms. The lowest BCUT2D eigenvalue weighted by Crippen LogP contribution is -2.44. The smallest absolute Gasteiger partial charge is 0.382 e. The monoisotopic (exact) mass is 521 g/mol. The summed E-state index contributed by atoms with van der Waals surface area (Å²) in [5.41, 5.74) is 9.67. The molecule has 1 fully saturated rings. The second-order valence-electron chi connectivity index (χ2n) is 9.58. The quantitative estimate of drug-likeness (QED) is 0.361. The molecule has 1 saturated heterocycles. The molecular weight excluding hydrogens is 491 g/mol. The van der Waals surface area contributed by atoms with E-state index in [2.05, 4.69) is 25.2 Å². The van der Waals surface area contributed by atoms with E-state index in [0.29, 0.717) is 29.2 Å². The minimum atomic E-state index is -4.40. The molecule has 5 rings (SSSR count). The first-order valence-corrected chi connectivity index (χ1v) is 12.5. The van der Waals surface area contributed by atoms with Crippen molar-refractivity contribution in [2.75, 3.05) is 44.3 Å². The molecule has 3 N–H and O–H groups in total. The summed E-state index contributed by atoms with van der Waals surface area (Å²) in [4.78, 5) is 8.36. The summed E-state index contributed by atoms with van der Waals surface area (Å²) in [6.07, 6.45) is 0.849. The van der Waals surface area contributed by atoms with Crippen LogP contribution in [0, 0.1) is 0 Å². The number of benzene rings is 2. The Bertz CT molecular complexity index is 1370. The fourth-order valence-corrected chi connectivity index (χ4v) is 4.57. The van der Waals surface area contributed by atoms with Gasteiger partial charge in [-0.2, -0.15) is 18.3 Å². The van der Waals surface area contributed by atoms with Gasteiger partial charge in [-0.05, 0) is 54.1 Å². The highest BCUT2D eigenvalue weighted by Crippen LogP contribution is 2.34. The molecule has 2 aromatic carbocycles. The summed E-state index contributed by atoms with van der Waals surface area (Å²) in [6, 6.07) is 16.0. The molecule has 38 heavy (non-hydrogen) atoms. The predicted molar refractivity (Wildman–Crippen MR) is 143 cm³/mol. The van der Waals surface area contributed by atoms with Gasteiger partial charge in [-0.25, -0.2) is 9.67 Å². The molecule has 0 spiro atoms. The number of nitrogens with zero attached hydrogens (tertiary/aromatic N) is 5. The summed E-state index contributed by atoms with van der Waals surface area (Å²) >= 11 is 0. The third kappa shape index (κ3) is 5.98. The molecule has 0 atom stereocenters. The Balaban J connectivity index is 1.24. The molecule has 2 aromatic heterocycles. The molecule has 0 unspecified atom stereocenters. The number of nitrogen functional groups attached to an aromatic ring is 1. The third-order valence-electron chi connectivity index (χ3n) is 6.83. The molecule has 0 saturated carbocycles.